The number of para-hydroxylation sites is 1. The number of aromatic nitrogens is 4. The van der Waals surface area contributed by atoms with Gasteiger partial charge in [-0.25, -0.2) is 0 Å². The van der Waals surface area contributed by atoms with E-state index in [1.807, 2.05) is 37.4 Å². The first-order chi connectivity index (χ1) is 17.3. The first-order valence-corrected chi connectivity index (χ1v) is 11.4. The summed E-state index contributed by atoms with van der Waals surface area (Å²) in [6.07, 6.45) is -1.95. The molecule has 1 aliphatic heterocycles. The number of carbonyl (C=O) groups is 1. The summed E-state index contributed by atoms with van der Waals surface area (Å²) in [6, 6.07) is 14.9. The molecule has 1 N–H and O–H groups in total. The molecule has 0 unspecified atom stereocenters. The highest BCUT2D eigenvalue weighted by molar-refractivity contribution is 6.00. The van der Waals surface area contributed by atoms with Crippen molar-refractivity contribution < 1.29 is 22.7 Å². The van der Waals surface area contributed by atoms with Crippen LogP contribution in [-0.2, 0) is 7.05 Å². The molecule has 194 valence electrons. The Morgan fingerprint density at radius 2 is 1.68 bits per heavy atom. The van der Waals surface area contributed by atoms with Crippen molar-refractivity contribution in [3.05, 3.63) is 66.4 Å². The molecule has 0 atom stereocenters. The minimum Gasteiger partial charge on any atom is -0.405 e. The molecule has 3 heterocycles. The van der Waals surface area contributed by atoms with Gasteiger partial charge in [0.25, 0.3) is 5.91 Å². The minimum atomic E-state index is -4.88. The van der Waals surface area contributed by atoms with Gasteiger partial charge in [-0.15, -0.1) is 35.8 Å². The number of carbonyl (C=O) groups excluding carboxylic acids is 1. The highest BCUT2D eigenvalue weighted by atomic mass is 35.5. The number of halogens is 4. The molecule has 2 aromatic heterocycles. The highest BCUT2D eigenvalue weighted by Gasteiger charge is 2.33. The van der Waals surface area contributed by atoms with Crippen molar-refractivity contribution in [1.82, 2.24) is 25.3 Å². The lowest BCUT2D eigenvalue weighted by Gasteiger charge is -2.33. The molecule has 0 saturated carbocycles. The van der Waals surface area contributed by atoms with Gasteiger partial charge < -0.3 is 15.0 Å². The van der Waals surface area contributed by atoms with Gasteiger partial charge in [0, 0.05) is 43.1 Å². The second-order valence-electron chi connectivity index (χ2n) is 8.54. The number of benzene rings is 2. The van der Waals surface area contributed by atoms with Crippen molar-refractivity contribution in [3.63, 3.8) is 0 Å². The summed E-state index contributed by atoms with van der Waals surface area (Å²) in [5, 5.41) is 18.0. The maximum absolute atomic E-state index is 12.7. The molecular weight excluding hydrogens is 509 g/mol. The van der Waals surface area contributed by atoms with Crippen LogP contribution in [0.2, 0.25) is 0 Å². The number of amides is 1. The third-order valence-electron chi connectivity index (χ3n) is 6.22. The van der Waals surface area contributed by atoms with E-state index < -0.39 is 18.0 Å². The fraction of sp³-hybridized carbons (Fsp3) is 0.280. The molecule has 0 spiro atoms. The van der Waals surface area contributed by atoms with Crippen LogP contribution in [0.4, 0.5) is 19.0 Å². The summed E-state index contributed by atoms with van der Waals surface area (Å²) in [4.78, 5) is 14.8. The van der Waals surface area contributed by atoms with E-state index in [1.165, 1.54) is 18.2 Å². The van der Waals surface area contributed by atoms with Crippen LogP contribution >= 0.6 is 12.4 Å². The van der Waals surface area contributed by atoms with E-state index >= 15 is 0 Å². The molecule has 4 aromatic rings. The van der Waals surface area contributed by atoms with E-state index in [1.54, 1.807) is 10.9 Å². The summed E-state index contributed by atoms with van der Waals surface area (Å²) in [7, 11) is 1.85. The molecule has 0 radical (unpaired) electrons. The molecule has 1 aliphatic rings. The number of ether oxygens (including phenoxy) is 1. The summed E-state index contributed by atoms with van der Waals surface area (Å²) >= 11 is 0. The molecule has 37 heavy (non-hydrogen) atoms. The largest absolute Gasteiger partial charge is 0.573 e. The van der Waals surface area contributed by atoms with Crippen molar-refractivity contribution in [2.24, 2.45) is 7.05 Å². The number of fused-ring (bicyclic) bond motifs is 1. The number of alkyl halides is 3. The number of hydrogen-bond donors (Lipinski definition) is 1. The molecule has 2 aromatic carbocycles. The van der Waals surface area contributed by atoms with Crippen LogP contribution in [0.3, 0.4) is 0 Å². The first kappa shape index (κ1) is 26.2. The molecular formula is C25H24ClF3N6O2. The Kier molecular flexibility index (Phi) is 7.53. The normalized spacial score (nSPS) is 14.3. The third kappa shape index (κ3) is 5.61. The number of nitrogens with zero attached hydrogens (tertiary/aromatic N) is 5. The Morgan fingerprint density at radius 1 is 1.00 bits per heavy atom. The molecule has 1 amide bonds. The van der Waals surface area contributed by atoms with Crippen molar-refractivity contribution in [2.75, 3.05) is 18.0 Å². The summed E-state index contributed by atoms with van der Waals surface area (Å²) in [5.41, 5.74) is 1.46. The standard InChI is InChI=1S/C25H23F3N6O2.ClH/c1-33-20(10-13-29-33)22-17-6-2-3-7-18(17)23(32-31-22)34-14-11-16(12-15-34)30-24(35)19-8-4-5-9-21(19)36-25(26,27)28;/h2-10,13,16H,11-12,14-15H2,1H3,(H,30,35);1H. The van der Waals surface area contributed by atoms with Gasteiger partial charge in [-0.1, -0.05) is 36.4 Å². The summed E-state index contributed by atoms with van der Waals surface area (Å²) in [5.74, 6) is -0.362. The highest BCUT2D eigenvalue weighted by Crippen LogP contribution is 2.32. The zero-order valence-electron chi connectivity index (χ0n) is 19.8. The van der Waals surface area contributed by atoms with E-state index in [2.05, 4.69) is 30.2 Å². The van der Waals surface area contributed by atoms with Gasteiger partial charge >= 0.3 is 6.36 Å². The Labute approximate surface area is 216 Å². The third-order valence-corrected chi connectivity index (χ3v) is 6.22. The van der Waals surface area contributed by atoms with Gasteiger partial charge in [-0.2, -0.15) is 5.10 Å². The lowest BCUT2D eigenvalue weighted by molar-refractivity contribution is -0.274. The van der Waals surface area contributed by atoms with Crippen LogP contribution in [0.1, 0.15) is 23.2 Å². The maximum atomic E-state index is 12.7. The predicted molar refractivity (Wildman–Crippen MR) is 135 cm³/mol. The number of piperidine rings is 1. The van der Waals surface area contributed by atoms with Crippen LogP contribution in [0.15, 0.2) is 60.8 Å². The fourth-order valence-electron chi connectivity index (χ4n) is 4.49. The van der Waals surface area contributed by atoms with Gasteiger partial charge in [0.2, 0.25) is 0 Å². The van der Waals surface area contributed by atoms with Crippen LogP contribution in [-0.4, -0.2) is 51.4 Å². The van der Waals surface area contributed by atoms with E-state index in [9.17, 15) is 18.0 Å². The zero-order chi connectivity index (χ0) is 25.3. The lowest BCUT2D eigenvalue weighted by Crippen LogP contribution is -2.45. The molecule has 12 heteroatoms. The van der Waals surface area contributed by atoms with Crippen molar-refractivity contribution in [3.8, 4) is 17.1 Å². The molecule has 0 bridgehead atoms. The zero-order valence-corrected chi connectivity index (χ0v) is 20.6. The van der Waals surface area contributed by atoms with Crippen LogP contribution in [0, 0.1) is 0 Å². The number of rotatable bonds is 5. The Morgan fingerprint density at radius 3 is 2.35 bits per heavy atom. The molecule has 5 rings (SSSR count). The minimum absolute atomic E-state index is 0. The van der Waals surface area contributed by atoms with Gasteiger partial charge in [0.1, 0.15) is 11.4 Å². The Balaban J connectivity index is 0.00000320. The second kappa shape index (κ2) is 10.6. The van der Waals surface area contributed by atoms with Crippen LogP contribution in [0.25, 0.3) is 22.2 Å². The van der Waals surface area contributed by atoms with Crippen molar-refractivity contribution in [2.45, 2.75) is 25.2 Å². The maximum Gasteiger partial charge on any atom is 0.573 e. The number of aryl methyl sites for hydroxylation is 1. The average molecular weight is 533 g/mol. The van der Waals surface area contributed by atoms with Crippen LogP contribution < -0.4 is 15.0 Å². The van der Waals surface area contributed by atoms with Crippen molar-refractivity contribution >= 4 is 34.9 Å². The molecule has 1 saturated heterocycles. The van der Waals surface area contributed by atoms with E-state index in [0.717, 1.165) is 34.0 Å². The monoisotopic (exact) mass is 532 g/mol. The number of anilines is 1. The molecule has 8 nitrogen and oxygen atoms in total. The number of hydrogen-bond acceptors (Lipinski definition) is 6. The average Bonchev–Trinajstić information content (AvgIpc) is 3.29. The second-order valence-corrected chi connectivity index (χ2v) is 8.54. The Hall–Kier alpha value is -3.86. The van der Waals surface area contributed by atoms with Gasteiger partial charge in [0.05, 0.1) is 11.3 Å². The van der Waals surface area contributed by atoms with E-state index in [0.29, 0.717) is 25.9 Å². The predicted octanol–water partition coefficient (Wildman–Crippen LogP) is 4.75. The lowest BCUT2D eigenvalue weighted by atomic mass is 10.0. The fourth-order valence-corrected chi connectivity index (χ4v) is 4.49. The number of nitrogens with one attached hydrogen (secondary N) is 1. The van der Waals surface area contributed by atoms with Crippen LogP contribution in [0.5, 0.6) is 5.75 Å². The summed E-state index contributed by atoms with van der Waals surface area (Å²) < 4.78 is 43.9. The smallest absolute Gasteiger partial charge is 0.405 e. The van der Waals surface area contributed by atoms with Gasteiger partial charge in [0.15, 0.2) is 5.82 Å². The quantitative estimate of drug-likeness (QED) is 0.399. The van der Waals surface area contributed by atoms with Crippen molar-refractivity contribution in [1.29, 1.82) is 0 Å². The van der Waals surface area contributed by atoms with E-state index in [-0.39, 0.29) is 24.0 Å². The van der Waals surface area contributed by atoms with Gasteiger partial charge in [-0.05, 0) is 31.0 Å². The van der Waals surface area contributed by atoms with Gasteiger partial charge in [-0.3, -0.25) is 9.48 Å². The Bertz CT molecular complexity index is 1400. The topological polar surface area (TPSA) is 85.2 Å². The molecule has 0 aliphatic carbocycles. The first-order valence-electron chi connectivity index (χ1n) is 11.4. The SMILES string of the molecule is Cl.Cn1nccc1-c1nnc(N2CCC(NC(=O)c3ccccc3OC(F)(F)F)CC2)c2ccccc12. The summed E-state index contributed by atoms with van der Waals surface area (Å²) in [6.45, 7) is 1.21. The van der Waals surface area contributed by atoms with E-state index in [4.69, 9.17) is 0 Å². The molecule has 1 fully saturated rings.